The van der Waals surface area contributed by atoms with Crippen LogP contribution in [0.3, 0.4) is 0 Å². The van der Waals surface area contributed by atoms with E-state index in [9.17, 15) is 9.59 Å². The summed E-state index contributed by atoms with van der Waals surface area (Å²) in [5, 5.41) is 9.39. The number of hydrogen-bond donors (Lipinski definition) is 2. The molecule has 1 atom stereocenters. The molecule has 0 saturated carbocycles. The van der Waals surface area contributed by atoms with E-state index in [-0.39, 0.29) is 6.54 Å². The predicted molar refractivity (Wildman–Crippen MR) is 49.2 cm³/mol. The first-order valence-corrected chi connectivity index (χ1v) is 4.15. The summed E-state index contributed by atoms with van der Waals surface area (Å²) in [6.07, 6.45) is 0.411. The summed E-state index contributed by atoms with van der Waals surface area (Å²) < 4.78 is 0. The highest BCUT2D eigenvalue weighted by Gasteiger charge is 2.20. The Morgan fingerprint density at radius 3 is 2.43 bits per heavy atom. The molecule has 0 aliphatic heterocycles. The molecule has 0 bridgehead atoms. The molecule has 0 aromatic carbocycles. The Morgan fingerprint density at radius 2 is 2.14 bits per heavy atom. The molecule has 6 heteroatoms. The van der Waals surface area contributed by atoms with Gasteiger partial charge in [0.1, 0.15) is 6.04 Å². The summed E-state index contributed by atoms with van der Waals surface area (Å²) >= 11 is 0. The van der Waals surface area contributed by atoms with Crippen molar-refractivity contribution in [1.29, 1.82) is 0 Å². The Hall–Kier alpha value is -1.14. The lowest BCUT2D eigenvalue weighted by Crippen LogP contribution is -2.44. The molecule has 0 unspecified atom stereocenters. The molecule has 82 valence electrons. The van der Waals surface area contributed by atoms with Gasteiger partial charge in [-0.15, -0.1) is 0 Å². The van der Waals surface area contributed by atoms with Crippen LogP contribution in [0.25, 0.3) is 0 Å². The van der Waals surface area contributed by atoms with Gasteiger partial charge < -0.3 is 10.8 Å². The Labute approximate surface area is 82.6 Å². The maximum Gasteiger partial charge on any atom is 0.322 e. The average molecular weight is 204 g/mol. The van der Waals surface area contributed by atoms with Crippen molar-refractivity contribution in [2.24, 2.45) is 5.73 Å². The van der Waals surface area contributed by atoms with Crippen molar-refractivity contribution in [3.63, 3.8) is 0 Å². The smallest absolute Gasteiger partial charge is 0.322 e. The Morgan fingerprint density at radius 1 is 1.64 bits per heavy atom. The Bertz CT molecular complexity index is 212. The first-order chi connectivity index (χ1) is 6.26. The zero-order chi connectivity index (χ0) is 11.4. The third kappa shape index (κ3) is 5.50. The van der Waals surface area contributed by atoms with Gasteiger partial charge in [0.25, 0.3) is 0 Å². The highest BCUT2D eigenvalue weighted by atomic mass is 16.7. The molecule has 0 rings (SSSR count). The zero-order valence-corrected chi connectivity index (χ0v) is 8.56. The maximum atomic E-state index is 10.5. The molecule has 14 heavy (non-hydrogen) atoms. The van der Waals surface area contributed by atoms with E-state index < -0.39 is 17.6 Å². The van der Waals surface area contributed by atoms with Crippen molar-refractivity contribution < 1.29 is 19.5 Å². The first-order valence-electron chi connectivity index (χ1n) is 4.15. The topological polar surface area (TPSA) is 92.9 Å². The second kappa shape index (κ2) is 4.92. The van der Waals surface area contributed by atoms with Gasteiger partial charge in [0, 0.05) is 0 Å². The monoisotopic (exact) mass is 204 g/mol. The molecule has 0 aromatic rings. The number of amides is 1. The van der Waals surface area contributed by atoms with Crippen LogP contribution in [0.4, 0.5) is 0 Å². The number of carbonyl (C=O) groups excluding carboxylic acids is 1. The number of nitrogens with two attached hydrogens (primary N) is 1. The van der Waals surface area contributed by atoms with Gasteiger partial charge in [-0.05, 0) is 20.8 Å². The highest BCUT2D eigenvalue weighted by Crippen LogP contribution is 2.08. The van der Waals surface area contributed by atoms with Crippen LogP contribution in [0.2, 0.25) is 0 Å². The largest absolute Gasteiger partial charge is 0.480 e. The fourth-order valence-corrected chi connectivity index (χ4v) is 0.726. The Balaban J connectivity index is 4.17. The van der Waals surface area contributed by atoms with E-state index in [2.05, 4.69) is 0 Å². The second-order valence-corrected chi connectivity index (χ2v) is 3.85. The van der Waals surface area contributed by atoms with Crippen LogP contribution in [0, 0.1) is 0 Å². The van der Waals surface area contributed by atoms with E-state index in [1.54, 1.807) is 20.8 Å². The van der Waals surface area contributed by atoms with E-state index in [4.69, 9.17) is 15.7 Å². The minimum atomic E-state index is -1.17. The zero-order valence-electron chi connectivity index (χ0n) is 8.56. The number of rotatable bonds is 5. The van der Waals surface area contributed by atoms with E-state index >= 15 is 0 Å². The molecule has 0 fully saturated rings. The molecule has 0 radical (unpaired) electrons. The molecule has 1 amide bonds. The van der Waals surface area contributed by atoms with Crippen LogP contribution in [0.1, 0.15) is 20.8 Å². The number of hydroxylamine groups is 2. The number of carboxylic acid groups (broad SMARTS) is 1. The van der Waals surface area contributed by atoms with E-state index in [0.717, 1.165) is 5.06 Å². The van der Waals surface area contributed by atoms with Gasteiger partial charge in [-0.3, -0.25) is 14.4 Å². The predicted octanol–water partition coefficient (Wildman–Crippen LogP) is -0.413. The van der Waals surface area contributed by atoms with Crippen LogP contribution < -0.4 is 5.73 Å². The lowest BCUT2D eigenvalue weighted by molar-refractivity contribution is -0.217. The van der Waals surface area contributed by atoms with E-state index in [0.29, 0.717) is 6.41 Å². The summed E-state index contributed by atoms with van der Waals surface area (Å²) in [5.41, 5.74) is 4.68. The molecule has 0 spiro atoms. The van der Waals surface area contributed by atoms with Crippen molar-refractivity contribution in [3.05, 3.63) is 0 Å². The molecular formula is C8H16N2O4. The summed E-state index contributed by atoms with van der Waals surface area (Å²) in [4.78, 5) is 26.0. The normalized spacial score (nSPS) is 13.4. The lowest BCUT2D eigenvalue weighted by atomic mass is 10.2. The molecule has 0 aliphatic carbocycles. The minimum absolute atomic E-state index is 0.171. The number of hydrogen-bond acceptors (Lipinski definition) is 4. The van der Waals surface area contributed by atoms with Crippen molar-refractivity contribution in [1.82, 2.24) is 5.06 Å². The van der Waals surface area contributed by atoms with Crippen molar-refractivity contribution in [2.45, 2.75) is 32.4 Å². The second-order valence-electron chi connectivity index (χ2n) is 3.85. The summed E-state index contributed by atoms with van der Waals surface area (Å²) in [6.45, 7) is 5.07. The molecule has 6 nitrogen and oxygen atoms in total. The van der Waals surface area contributed by atoms with Gasteiger partial charge in [0.15, 0.2) is 0 Å². The minimum Gasteiger partial charge on any atom is -0.480 e. The average Bonchev–Trinajstić information content (AvgIpc) is 2.00. The lowest BCUT2D eigenvalue weighted by Gasteiger charge is -2.27. The van der Waals surface area contributed by atoms with Gasteiger partial charge in [-0.25, -0.2) is 5.06 Å². The van der Waals surface area contributed by atoms with Crippen LogP contribution in [0.5, 0.6) is 0 Å². The SMILES string of the molecule is CC(C)(C)ON(C=O)C[C@H](N)C(=O)O. The van der Waals surface area contributed by atoms with E-state index in [1.165, 1.54) is 0 Å². The standard InChI is InChI=1S/C8H16N2O4/c1-8(2,3)14-10(5-11)4-6(9)7(12)13/h5-6H,4,9H2,1-3H3,(H,12,13)/t6-/m0/s1. The third-order valence-corrected chi connectivity index (χ3v) is 1.20. The molecule has 0 aromatic heterocycles. The van der Waals surface area contributed by atoms with Gasteiger partial charge >= 0.3 is 5.97 Å². The fourth-order valence-electron chi connectivity index (χ4n) is 0.726. The van der Waals surface area contributed by atoms with Gasteiger partial charge in [-0.1, -0.05) is 0 Å². The number of aliphatic carboxylic acids is 1. The fraction of sp³-hybridized carbons (Fsp3) is 0.750. The highest BCUT2D eigenvalue weighted by molar-refractivity contribution is 5.73. The van der Waals surface area contributed by atoms with Crippen LogP contribution >= 0.6 is 0 Å². The van der Waals surface area contributed by atoms with Gasteiger partial charge in [0.05, 0.1) is 12.1 Å². The van der Waals surface area contributed by atoms with Crippen LogP contribution in [0.15, 0.2) is 0 Å². The summed E-state index contributed by atoms with van der Waals surface area (Å²) in [5.74, 6) is -1.17. The summed E-state index contributed by atoms with van der Waals surface area (Å²) in [6, 6.07) is -1.14. The van der Waals surface area contributed by atoms with E-state index in [1.807, 2.05) is 0 Å². The van der Waals surface area contributed by atoms with Gasteiger partial charge in [-0.2, -0.15) is 0 Å². The van der Waals surface area contributed by atoms with Crippen LogP contribution in [-0.4, -0.2) is 40.7 Å². The number of carboxylic acids is 1. The maximum absolute atomic E-state index is 10.5. The third-order valence-electron chi connectivity index (χ3n) is 1.20. The quantitative estimate of drug-likeness (QED) is 0.469. The molecule has 3 N–H and O–H groups in total. The number of nitrogens with zero attached hydrogens (tertiary/aromatic N) is 1. The molecular weight excluding hydrogens is 188 g/mol. The first kappa shape index (κ1) is 12.9. The molecule has 0 aliphatic rings. The Kier molecular flexibility index (Phi) is 4.52. The van der Waals surface area contributed by atoms with Crippen molar-refractivity contribution in [2.75, 3.05) is 6.54 Å². The molecule has 0 saturated heterocycles. The summed E-state index contributed by atoms with van der Waals surface area (Å²) in [7, 11) is 0. The van der Waals surface area contributed by atoms with Crippen molar-refractivity contribution in [3.8, 4) is 0 Å². The van der Waals surface area contributed by atoms with Crippen LogP contribution in [-0.2, 0) is 14.4 Å². The van der Waals surface area contributed by atoms with Gasteiger partial charge in [0.2, 0.25) is 6.41 Å². The van der Waals surface area contributed by atoms with Crippen molar-refractivity contribution >= 4 is 12.4 Å². The molecule has 0 heterocycles. The number of carbonyl (C=O) groups is 2.